The Kier molecular flexibility index (Phi) is 5.99. The average Bonchev–Trinajstić information content (AvgIpc) is 2.37. The number of hydrogen-bond donors (Lipinski definition) is 1. The SMILES string of the molecule is Cc1c(O)cccc1C(=O)N(C)CCCCCCl. The maximum atomic E-state index is 12.2. The van der Waals surface area contributed by atoms with Crippen LogP contribution in [-0.2, 0) is 0 Å². The number of hydrogen-bond acceptors (Lipinski definition) is 2. The molecule has 0 aliphatic rings. The van der Waals surface area contributed by atoms with E-state index in [0.29, 0.717) is 23.6 Å². The fraction of sp³-hybridized carbons (Fsp3) is 0.500. The smallest absolute Gasteiger partial charge is 0.253 e. The molecule has 1 rings (SSSR count). The van der Waals surface area contributed by atoms with Gasteiger partial charge in [-0.15, -0.1) is 11.6 Å². The summed E-state index contributed by atoms with van der Waals surface area (Å²) in [5.41, 5.74) is 1.20. The quantitative estimate of drug-likeness (QED) is 0.636. The van der Waals surface area contributed by atoms with Gasteiger partial charge < -0.3 is 10.0 Å². The molecule has 0 aromatic heterocycles. The van der Waals surface area contributed by atoms with E-state index in [9.17, 15) is 9.90 Å². The number of amides is 1. The molecule has 3 nitrogen and oxygen atoms in total. The topological polar surface area (TPSA) is 40.5 Å². The van der Waals surface area contributed by atoms with Gasteiger partial charge in [0.25, 0.3) is 5.91 Å². The summed E-state index contributed by atoms with van der Waals surface area (Å²) in [7, 11) is 1.78. The Bertz CT molecular complexity index is 407. The van der Waals surface area contributed by atoms with Crippen molar-refractivity contribution >= 4 is 17.5 Å². The Morgan fingerprint density at radius 1 is 1.33 bits per heavy atom. The molecule has 0 aliphatic carbocycles. The van der Waals surface area contributed by atoms with Crippen LogP contribution in [0.3, 0.4) is 0 Å². The summed E-state index contributed by atoms with van der Waals surface area (Å²) < 4.78 is 0. The van der Waals surface area contributed by atoms with Crippen LogP contribution >= 0.6 is 11.6 Å². The van der Waals surface area contributed by atoms with Crippen LogP contribution in [0.1, 0.15) is 35.2 Å². The molecule has 1 aromatic rings. The van der Waals surface area contributed by atoms with Gasteiger partial charge >= 0.3 is 0 Å². The molecule has 0 spiro atoms. The van der Waals surface area contributed by atoms with Gasteiger partial charge in [-0.3, -0.25) is 4.79 Å². The molecule has 0 bridgehead atoms. The van der Waals surface area contributed by atoms with Gasteiger partial charge in [-0.2, -0.15) is 0 Å². The highest BCUT2D eigenvalue weighted by Gasteiger charge is 2.15. The maximum Gasteiger partial charge on any atom is 0.253 e. The Labute approximate surface area is 113 Å². The van der Waals surface area contributed by atoms with E-state index in [1.54, 1.807) is 37.1 Å². The van der Waals surface area contributed by atoms with Gasteiger partial charge in [0.05, 0.1) is 0 Å². The van der Waals surface area contributed by atoms with Gasteiger partial charge in [0.15, 0.2) is 0 Å². The molecule has 100 valence electrons. The number of phenolic OH excluding ortho intramolecular Hbond substituents is 1. The van der Waals surface area contributed by atoms with Crippen LogP contribution in [0.15, 0.2) is 18.2 Å². The van der Waals surface area contributed by atoms with Crippen molar-refractivity contribution in [3.05, 3.63) is 29.3 Å². The predicted molar refractivity (Wildman–Crippen MR) is 74.4 cm³/mol. The van der Waals surface area contributed by atoms with Gasteiger partial charge in [0, 0.05) is 30.6 Å². The number of carbonyl (C=O) groups is 1. The molecule has 1 N–H and O–H groups in total. The molecule has 0 saturated heterocycles. The van der Waals surface area contributed by atoms with Gasteiger partial charge in [-0.1, -0.05) is 12.5 Å². The Balaban J connectivity index is 2.60. The van der Waals surface area contributed by atoms with Gasteiger partial charge in [-0.05, 0) is 31.9 Å². The second kappa shape index (κ2) is 7.27. The second-order valence-electron chi connectivity index (χ2n) is 4.43. The van der Waals surface area contributed by atoms with Crippen molar-refractivity contribution in [2.45, 2.75) is 26.2 Å². The molecule has 0 radical (unpaired) electrons. The first-order valence-electron chi connectivity index (χ1n) is 6.18. The highest BCUT2D eigenvalue weighted by Crippen LogP contribution is 2.20. The number of nitrogens with zero attached hydrogens (tertiary/aromatic N) is 1. The van der Waals surface area contributed by atoms with Crippen LogP contribution in [-0.4, -0.2) is 35.4 Å². The molecule has 0 fully saturated rings. The van der Waals surface area contributed by atoms with Crippen molar-refractivity contribution in [2.75, 3.05) is 19.5 Å². The molecule has 18 heavy (non-hydrogen) atoms. The number of unbranched alkanes of at least 4 members (excludes halogenated alkanes) is 2. The van der Waals surface area contributed by atoms with Crippen LogP contribution in [0, 0.1) is 6.92 Å². The van der Waals surface area contributed by atoms with Crippen molar-refractivity contribution in [1.82, 2.24) is 4.90 Å². The first-order chi connectivity index (χ1) is 8.57. The lowest BCUT2D eigenvalue weighted by Crippen LogP contribution is -2.28. The standard InChI is InChI=1S/C14H20ClNO2/c1-11-12(7-6-8-13(11)17)14(18)16(2)10-5-3-4-9-15/h6-8,17H,3-5,9-10H2,1-2H3. The zero-order valence-corrected chi connectivity index (χ0v) is 11.7. The highest BCUT2D eigenvalue weighted by atomic mass is 35.5. The summed E-state index contributed by atoms with van der Waals surface area (Å²) in [6.45, 7) is 2.47. The summed E-state index contributed by atoms with van der Waals surface area (Å²) in [6.07, 6.45) is 2.96. The molecular formula is C14H20ClNO2. The Morgan fingerprint density at radius 3 is 2.72 bits per heavy atom. The number of halogens is 1. The molecule has 1 amide bonds. The van der Waals surface area contributed by atoms with Crippen LogP contribution in [0.5, 0.6) is 5.75 Å². The van der Waals surface area contributed by atoms with Crippen LogP contribution in [0.4, 0.5) is 0 Å². The van der Waals surface area contributed by atoms with Crippen LogP contribution in [0.2, 0.25) is 0 Å². The van der Waals surface area contributed by atoms with Crippen molar-refractivity contribution in [3.8, 4) is 5.75 Å². The summed E-state index contributed by atoms with van der Waals surface area (Å²) in [5.74, 6) is 0.786. The highest BCUT2D eigenvalue weighted by molar-refractivity contribution is 6.17. The zero-order valence-electron chi connectivity index (χ0n) is 10.9. The lowest BCUT2D eigenvalue weighted by atomic mass is 10.1. The first-order valence-corrected chi connectivity index (χ1v) is 6.71. The Morgan fingerprint density at radius 2 is 2.06 bits per heavy atom. The molecule has 0 aliphatic heterocycles. The number of carbonyl (C=O) groups excluding carboxylic acids is 1. The molecule has 0 unspecified atom stereocenters. The molecule has 0 heterocycles. The summed E-state index contributed by atoms with van der Waals surface area (Å²) in [6, 6.07) is 5.02. The maximum absolute atomic E-state index is 12.2. The van der Waals surface area contributed by atoms with Crippen molar-refractivity contribution in [1.29, 1.82) is 0 Å². The van der Waals surface area contributed by atoms with E-state index in [2.05, 4.69) is 0 Å². The summed E-state index contributed by atoms with van der Waals surface area (Å²) in [4.78, 5) is 13.9. The zero-order chi connectivity index (χ0) is 13.5. The van der Waals surface area contributed by atoms with E-state index >= 15 is 0 Å². The summed E-state index contributed by atoms with van der Waals surface area (Å²) >= 11 is 5.61. The van der Waals surface area contributed by atoms with E-state index in [1.165, 1.54) is 0 Å². The fourth-order valence-electron chi connectivity index (χ4n) is 1.78. The number of phenols is 1. The van der Waals surface area contributed by atoms with Gasteiger partial charge in [0.2, 0.25) is 0 Å². The van der Waals surface area contributed by atoms with Gasteiger partial charge in [0.1, 0.15) is 5.75 Å². The third-order valence-electron chi connectivity index (χ3n) is 3.01. The fourth-order valence-corrected chi connectivity index (χ4v) is 1.97. The number of aromatic hydroxyl groups is 1. The number of benzene rings is 1. The minimum Gasteiger partial charge on any atom is -0.508 e. The van der Waals surface area contributed by atoms with Crippen molar-refractivity contribution in [3.63, 3.8) is 0 Å². The molecule has 4 heteroatoms. The lowest BCUT2D eigenvalue weighted by Gasteiger charge is -2.18. The van der Waals surface area contributed by atoms with Crippen LogP contribution < -0.4 is 0 Å². The monoisotopic (exact) mass is 269 g/mol. The van der Waals surface area contributed by atoms with E-state index < -0.39 is 0 Å². The molecule has 0 atom stereocenters. The molecule has 1 aromatic carbocycles. The van der Waals surface area contributed by atoms with E-state index in [0.717, 1.165) is 19.3 Å². The van der Waals surface area contributed by atoms with Gasteiger partial charge in [-0.25, -0.2) is 0 Å². The van der Waals surface area contributed by atoms with E-state index in [1.807, 2.05) is 0 Å². The van der Waals surface area contributed by atoms with Crippen LogP contribution in [0.25, 0.3) is 0 Å². The molecular weight excluding hydrogens is 250 g/mol. The number of rotatable bonds is 6. The van der Waals surface area contributed by atoms with E-state index in [-0.39, 0.29) is 11.7 Å². The lowest BCUT2D eigenvalue weighted by molar-refractivity contribution is 0.0791. The van der Waals surface area contributed by atoms with E-state index in [4.69, 9.17) is 11.6 Å². The minimum atomic E-state index is -0.0470. The molecule has 0 saturated carbocycles. The first kappa shape index (κ1) is 14.8. The average molecular weight is 270 g/mol. The third-order valence-corrected chi connectivity index (χ3v) is 3.28. The second-order valence-corrected chi connectivity index (χ2v) is 4.80. The predicted octanol–water partition coefficient (Wildman–Crippen LogP) is 3.18. The minimum absolute atomic E-state index is 0.0470. The van der Waals surface area contributed by atoms with Crippen molar-refractivity contribution in [2.24, 2.45) is 0 Å². The third kappa shape index (κ3) is 3.91. The largest absolute Gasteiger partial charge is 0.508 e. The normalized spacial score (nSPS) is 10.4. The Hall–Kier alpha value is -1.22. The van der Waals surface area contributed by atoms with Crippen molar-refractivity contribution < 1.29 is 9.90 Å². The summed E-state index contributed by atoms with van der Waals surface area (Å²) in [5, 5.41) is 9.59. The number of alkyl halides is 1.